The number of piperazine rings is 1. The summed E-state index contributed by atoms with van der Waals surface area (Å²) in [4.78, 5) is 2.61. The lowest BCUT2D eigenvalue weighted by Gasteiger charge is -2.34. The molecule has 0 aromatic heterocycles. The third-order valence-electron chi connectivity index (χ3n) is 6.01. The van der Waals surface area contributed by atoms with Gasteiger partial charge in [0.2, 0.25) is 10.0 Å². The van der Waals surface area contributed by atoms with Crippen LogP contribution in [0.5, 0.6) is 0 Å². The first-order valence-corrected chi connectivity index (χ1v) is 14.4. The van der Waals surface area contributed by atoms with Gasteiger partial charge >= 0.3 is 0 Å². The predicted octanol–water partition coefficient (Wildman–Crippen LogP) is 6.26. The largest absolute Gasteiger partial charge is 0.369 e. The van der Waals surface area contributed by atoms with E-state index in [0.29, 0.717) is 47.7 Å². The lowest BCUT2D eigenvalue weighted by atomic mass is 10.0. The first kappa shape index (κ1) is 26.6. The molecule has 0 atom stereocenters. The second kappa shape index (κ2) is 12.2. The molecule has 35 heavy (non-hydrogen) atoms. The predicted molar refractivity (Wildman–Crippen MR) is 145 cm³/mol. The average molecular weight is 598 g/mol. The molecule has 186 valence electrons. The van der Waals surface area contributed by atoms with E-state index in [4.69, 9.17) is 27.9 Å². The van der Waals surface area contributed by atoms with Gasteiger partial charge in [-0.05, 0) is 60.0 Å². The highest BCUT2D eigenvalue weighted by Gasteiger charge is 2.28. The van der Waals surface area contributed by atoms with Gasteiger partial charge in [-0.2, -0.15) is 4.31 Å². The van der Waals surface area contributed by atoms with Crippen molar-refractivity contribution in [3.63, 3.8) is 0 Å². The normalized spacial score (nSPS) is 15.5. The summed E-state index contributed by atoms with van der Waals surface area (Å²) in [5.41, 5.74) is 2.06. The molecule has 1 aliphatic rings. The number of hydrogen-bond donors (Lipinski definition) is 0. The quantitative estimate of drug-likeness (QED) is 0.273. The number of halogens is 3. The number of ether oxygens (including phenoxy) is 1. The van der Waals surface area contributed by atoms with E-state index in [9.17, 15) is 8.42 Å². The highest BCUT2D eigenvalue weighted by atomic mass is 79.9. The van der Waals surface area contributed by atoms with Crippen LogP contribution in [0.1, 0.15) is 23.7 Å². The fourth-order valence-corrected chi connectivity index (χ4v) is 6.39. The Morgan fingerprint density at radius 2 is 1.43 bits per heavy atom. The van der Waals surface area contributed by atoms with Gasteiger partial charge in [0.15, 0.2) is 0 Å². The molecule has 0 radical (unpaired) electrons. The fourth-order valence-electron chi connectivity index (χ4n) is 4.12. The molecule has 0 saturated carbocycles. The van der Waals surface area contributed by atoms with Crippen LogP contribution < -0.4 is 0 Å². The van der Waals surface area contributed by atoms with E-state index in [1.807, 2.05) is 54.6 Å². The van der Waals surface area contributed by atoms with Crippen molar-refractivity contribution in [2.24, 2.45) is 0 Å². The highest BCUT2D eigenvalue weighted by molar-refractivity contribution is 9.10. The summed E-state index contributed by atoms with van der Waals surface area (Å²) in [5, 5.41) is 1.37. The molecular weight excluding hydrogens is 571 g/mol. The van der Waals surface area contributed by atoms with Crippen LogP contribution in [0, 0.1) is 0 Å². The minimum absolute atomic E-state index is 0.211. The Bertz CT molecular complexity index is 1170. The summed E-state index contributed by atoms with van der Waals surface area (Å²) in [5.74, 6) is 0. The van der Waals surface area contributed by atoms with Gasteiger partial charge in [-0.3, -0.25) is 0 Å². The van der Waals surface area contributed by atoms with Gasteiger partial charge in [0.1, 0.15) is 6.10 Å². The molecule has 1 saturated heterocycles. The molecule has 9 heteroatoms. The molecule has 0 bridgehead atoms. The van der Waals surface area contributed by atoms with Crippen molar-refractivity contribution >= 4 is 49.2 Å². The average Bonchev–Trinajstić information content (AvgIpc) is 2.86. The summed E-state index contributed by atoms with van der Waals surface area (Å²) in [7, 11) is -3.48. The van der Waals surface area contributed by atoms with Crippen LogP contribution in [0.2, 0.25) is 10.0 Å². The highest BCUT2D eigenvalue weighted by Crippen LogP contribution is 2.28. The second-order valence-corrected chi connectivity index (χ2v) is 12.1. The molecule has 3 aromatic rings. The number of rotatable bonds is 9. The maximum absolute atomic E-state index is 12.9. The van der Waals surface area contributed by atoms with Gasteiger partial charge in [-0.1, -0.05) is 69.5 Å². The van der Waals surface area contributed by atoms with Crippen molar-refractivity contribution < 1.29 is 13.2 Å². The van der Waals surface area contributed by atoms with E-state index >= 15 is 0 Å². The van der Waals surface area contributed by atoms with Crippen molar-refractivity contribution in [3.8, 4) is 0 Å². The van der Waals surface area contributed by atoms with Crippen LogP contribution in [0.4, 0.5) is 0 Å². The van der Waals surface area contributed by atoms with E-state index < -0.39 is 10.0 Å². The molecule has 0 spiro atoms. The maximum Gasteiger partial charge on any atom is 0.243 e. The molecule has 0 unspecified atom stereocenters. The van der Waals surface area contributed by atoms with Gasteiger partial charge in [0, 0.05) is 53.8 Å². The first-order valence-electron chi connectivity index (χ1n) is 11.4. The zero-order valence-corrected chi connectivity index (χ0v) is 23.0. The van der Waals surface area contributed by atoms with Crippen molar-refractivity contribution in [1.82, 2.24) is 9.21 Å². The smallest absolute Gasteiger partial charge is 0.243 e. The summed E-state index contributed by atoms with van der Waals surface area (Å²) in [6.45, 7) is 3.78. The number of nitrogens with zero attached hydrogens (tertiary/aromatic N) is 2. The molecule has 4 rings (SSSR count). The monoisotopic (exact) mass is 596 g/mol. The van der Waals surface area contributed by atoms with E-state index in [1.54, 1.807) is 22.5 Å². The molecule has 1 aliphatic heterocycles. The van der Waals surface area contributed by atoms with Crippen molar-refractivity contribution in [2.75, 3.05) is 39.3 Å². The number of sulfonamides is 1. The zero-order valence-electron chi connectivity index (χ0n) is 19.1. The topological polar surface area (TPSA) is 49.9 Å². The first-order chi connectivity index (χ1) is 16.8. The van der Waals surface area contributed by atoms with Gasteiger partial charge < -0.3 is 9.64 Å². The minimum Gasteiger partial charge on any atom is -0.369 e. The minimum atomic E-state index is -3.48. The van der Waals surface area contributed by atoms with Crippen LogP contribution in [0.15, 0.2) is 82.2 Å². The lowest BCUT2D eigenvalue weighted by Crippen LogP contribution is -2.48. The van der Waals surface area contributed by atoms with Crippen LogP contribution >= 0.6 is 39.1 Å². The molecule has 3 aromatic carbocycles. The number of benzene rings is 3. The van der Waals surface area contributed by atoms with E-state index in [2.05, 4.69) is 20.8 Å². The Morgan fingerprint density at radius 3 is 1.97 bits per heavy atom. The van der Waals surface area contributed by atoms with Gasteiger partial charge in [0.05, 0.1) is 4.90 Å². The fraction of sp³-hybridized carbons (Fsp3) is 0.308. The summed E-state index contributed by atoms with van der Waals surface area (Å²) in [6, 6.07) is 22.2. The van der Waals surface area contributed by atoms with Crippen LogP contribution in [-0.2, 0) is 14.8 Å². The summed E-state index contributed by atoms with van der Waals surface area (Å²) in [6.07, 6.45) is 0.632. The molecule has 1 heterocycles. The molecule has 0 aliphatic carbocycles. The van der Waals surface area contributed by atoms with Crippen molar-refractivity contribution in [2.45, 2.75) is 17.4 Å². The van der Waals surface area contributed by atoms with Crippen molar-refractivity contribution in [3.05, 3.63) is 98.4 Å². The summed E-state index contributed by atoms with van der Waals surface area (Å²) >= 11 is 15.5. The Morgan fingerprint density at radius 1 is 0.857 bits per heavy atom. The van der Waals surface area contributed by atoms with Gasteiger partial charge in [-0.25, -0.2) is 8.42 Å². The van der Waals surface area contributed by atoms with Crippen LogP contribution in [0.25, 0.3) is 0 Å². The second-order valence-electron chi connectivity index (χ2n) is 8.41. The third-order valence-corrected chi connectivity index (χ3v) is 8.91. The third kappa shape index (κ3) is 7.07. The zero-order chi connectivity index (χ0) is 24.8. The van der Waals surface area contributed by atoms with Crippen LogP contribution in [0.3, 0.4) is 0 Å². The molecule has 5 nitrogen and oxygen atoms in total. The molecule has 0 N–H and O–H groups in total. The lowest BCUT2D eigenvalue weighted by molar-refractivity contribution is 0.0686. The number of hydrogen-bond acceptors (Lipinski definition) is 4. The van der Waals surface area contributed by atoms with E-state index in [0.717, 1.165) is 28.6 Å². The SMILES string of the molecule is O=S(=O)(c1cccc(Br)c1)N1CCN(CCCOC(c2ccc(Cl)cc2)c2ccc(Cl)cc2)CC1. The van der Waals surface area contributed by atoms with Gasteiger partial charge in [0.25, 0.3) is 0 Å². The molecule has 0 amide bonds. The van der Waals surface area contributed by atoms with E-state index in [-0.39, 0.29) is 6.10 Å². The standard InChI is InChI=1S/C26H27BrCl2N2O3S/c27-22-3-1-4-25(19-22)35(32,33)31-16-14-30(15-17-31)13-2-18-34-26(20-5-9-23(28)10-6-20)21-7-11-24(29)12-8-21/h1,3-12,19,26H,2,13-18H2. The Labute approximate surface area is 225 Å². The summed E-state index contributed by atoms with van der Waals surface area (Å²) < 4.78 is 34.5. The van der Waals surface area contributed by atoms with Crippen LogP contribution in [-0.4, -0.2) is 57.0 Å². The maximum atomic E-state index is 12.9. The van der Waals surface area contributed by atoms with E-state index in [1.165, 1.54) is 0 Å². The van der Waals surface area contributed by atoms with Crippen molar-refractivity contribution in [1.29, 1.82) is 0 Å². The molecule has 1 fully saturated rings. The Hall–Kier alpha value is -1.45. The Kier molecular flexibility index (Phi) is 9.27. The molecular formula is C26H27BrCl2N2O3S. The van der Waals surface area contributed by atoms with Gasteiger partial charge in [-0.15, -0.1) is 0 Å². The Balaban J connectivity index is 1.29.